The van der Waals surface area contributed by atoms with Gasteiger partial charge in [0.25, 0.3) is 0 Å². The minimum absolute atomic E-state index is 0.0858. The van der Waals surface area contributed by atoms with Crippen molar-refractivity contribution in [1.82, 2.24) is 0 Å². The normalized spacial score (nSPS) is 23.8. The Morgan fingerprint density at radius 3 is 2.31 bits per heavy atom. The summed E-state index contributed by atoms with van der Waals surface area (Å²) in [6.07, 6.45) is 3.16. The number of hydrogen-bond acceptors (Lipinski definition) is 3. The highest BCUT2D eigenvalue weighted by Gasteiger charge is 2.38. The molecule has 1 heterocycles. The number of hydrogen-bond donors (Lipinski definition) is 0. The van der Waals surface area contributed by atoms with Crippen LogP contribution in [0.3, 0.4) is 0 Å². The zero-order valence-corrected chi connectivity index (χ0v) is 15.8. The summed E-state index contributed by atoms with van der Waals surface area (Å²) < 4.78 is 17.6. The molecule has 3 heteroatoms. The van der Waals surface area contributed by atoms with Crippen molar-refractivity contribution >= 4 is 0 Å². The van der Waals surface area contributed by atoms with Gasteiger partial charge in [-0.2, -0.15) is 0 Å². The Kier molecular flexibility index (Phi) is 7.24. The van der Waals surface area contributed by atoms with Crippen LogP contribution in [-0.4, -0.2) is 26.1 Å². The lowest BCUT2D eigenvalue weighted by molar-refractivity contribution is -0.118. The maximum atomic E-state index is 6.15. The van der Waals surface area contributed by atoms with Crippen molar-refractivity contribution in [3.05, 3.63) is 71.8 Å². The second-order valence-electron chi connectivity index (χ2n) is 7.24. The maximum Gasteiger partial charge on any atom is 0.157 e. The van der Waals surface area contributed by atoms with Crippen LogP contribution in [-0.2, 0) is 27.2 Å². The molecular formula is C23H30O3. The van der Waals surface area contributed by atoms with E-state index >= 15 is 0 Å². The Labute approximate surface area is 157 Å². The number of benzene rings is 2. The lowest BCUT2D eigenvalue weighted by atomic mass is 9.86. The van der Waals surface area contributed by atoms with E-state index < -0.39 is 0 Å². The van der Waals surface area contributed by atoms with Crippen molar-refractivity contribution in [3.63, 3.8) is 0 Å². The highest BCUT2D eigenvalue weighted by Crippen LogP contribution is 2.35. The predicted molar refractivity (Wildman–Crippen MR) is 104 cm³/mol. The molecule has 0 N–H and O–H groups in total. The zero-order chi connectivity index (χ0) is 18.2. The molecule has 0 amide bonds. The molecule has 4 atom stereocenters. The monoisotopic (exact) mass is 354 g/mol. The van der Waals surface area contributed by atoms with Crippen molar-refractivity contribution in [3.8, 4) is 0 Å². The Morgan fingerprint density at radius 2 is 1.65 bits per heavy atom. The summed E-state index contributed by atoms with van der Waals surface area (Å²) in [5.74, 6) is 0.916. The average molecular weight is 354 g/mol. The predicted octanol–water partition coefficient (Wildman–Crippen LogP) is 4.85. The summed E-state index contributed by atoms with van der Waals surface area (Å²) in [7, 11) is 1.73. The van der Waals surface area contributed by atoms with Crippen molar-refractivity contribution < 1.29 is 14.2 Å². The molecule has 0 aromatic heterocycles. The van der Waals surface area contributed by atoms with Gasteiger partial charge in [-0.15, -0.1) is 0 Å². The first kappa shape index (κ1) is 19.1. The van der Waals surface area contributed by atoms with E-state index in [2.05, 4.69) is 61.5 Å². The van der Waals surface area contributed by atoms with Crippen molar-refractivity contribution in [1.29, 1.82) is 0 Å². The molecule has 26 heavy (non-hydrogen) atoms. The molecule has 0 radical (unpaired) electrons. The molecule has 0 spiro atoms. The van der Waals surface area contributed by atoms with E-state index in [0.717, 1.165) is 25.9 Å². The quantitative estimate of drug-likeness (QED) is 0.644. The maximum absolute atomic E-state index is 6.15. The van der Waals surface area contributed by atoms with Gasteiger partial charge in [-0.05, 0) is 35.8 Å². The Morgan fingerprint density at radius 1 is 1.00 bits per heavy atom. The van der Waals surface area contributed by atoms with Crippen LogP contribution in [0.2, 0.25) is 0 Å². The fourth-order valence-electron chi connectivity index (χ4n) is 3.77. The van der Waals surface area contributed by atoms with E-state index in [0.29, 0.717) is 18.4 Å². The second-order valence-corrected chi connectivity index (χ2v) is 7.24. The molecule has 1 saturated heterocycles. The second kappa shape index (κ2) is 9.86. The molecule has 3 rings (SSSR count). The van der Waals surface area contributed by atoms with Crippen molar-refractivity contribution in [2.75, 3.05) is 13.7 Å². The van der Waals surface area contributed by atoms with Crippen LogP contribution in [0.1, 0.15) is 30.9 Å². The molecule has 1 aliphatic rings. The van der Waals surface area contributed by atoms with Gasteiger partial charge in [0.1, 0.15) is 0 Å². The van der Waals surface area contributed by atoms with Gasteiger partial charge >= 0.3 is 0 Å². The molecule has 1 fully saturated rings. The smallest absolute Gasteiger partial charge is 0.157 e. The summed E-state index contributed by atoms with van der Waals surface area (Å²) >= 11 is 0. The molecule has 2 aromatic rings. The molecule has 140 valence electrons. The SMILES string of the molecule is CO[C@@H]1C[C@H]([C@H](C)COCc2ccccc2)[C@H](CCc2ccccc2)O1. The van der Waals surface area contributed by atoms with Gasteiger partial charge < -0.3 is 14.2 Å². The van der Waals surface area contributed by atoms with E-state index in [1.54, 1.807) is 7.11 Å². The number of methoxy groups -OCH3 is 1. The minimum atomic E-state index is -0.0858. The lowest BCUT2D eigenvalue weighted by Gasteiger charge is -2.24. The van der Waals surface area contributed by atoms with Gasteiger partial charge in [-0.25, -0.2) is 0 Å². The largest absolute Gasteiger partial charge is 0.376 e. The van der Waals surface area contributed by atoms with Gasteiger partial charge in [0.2, 0.25) is 0 Å². The van der Waals surface area contributed by atoms with E-state index in [1.165, 1.54) is 11.1 Å². The first-order valence-electron chi connectivity index (χ1n) is 9.60. The van der Waals surface area contributed by atoms with Gasteiger partial charge in [-0.3, -0.25) is 0 Å². The first-order chi connectivity index (χ1) is 12.8. The topological polar surface area (TPSA) is 27.7 Å². The number of rotatable bonds is 9. The highest BCUT2D eigenvalue weighted by atomic mass is 16.7. The van der Waals surface area contributed by atoms with Crippen LogP contribution in [0, 0.1) is 11.8 Å². The molecule has 2 aromatic carbocycles. The van der Waals surface area contributed by atoms with Gasteiger partial charge in [-0.1, -0.05) is 67.6 Å². The summed E-state index contributed by atoms with van der Waals surface area (Å²) in [6.45, 7) is 3.69. The molecule has 0 unspecified atom stereocenters. The van der Waals surface area contributed by atoms with E-state index in [-0.39, 0.29) is 12.4 Å². The third kappa shape index (κ3) is 5.41. The minimum Gasteiger partial charge on any atom is -0.376 e. The molecule has 1 aliphatic heterocycles. The van der Waals surface area contributed by atoms with E-state index in [1.807, 2.05) is 6.07 Å². The molecule has 0 aliphatic carbocycles. The first-order valence-corrected chi connectivity index (χ1v) is 9.60. The van der Waals surface area contributed by atoms with Crippen LogP contribution in [0.4, 0.5) is 0 Å². The summed E-state index contributed by atoms with van der Waals surface area (Å²) in [4.78, 5) is 0. The fraction of sp³-hybridized carbons (Fsp3) is 0.478. The molecule has 3 nitrogen and oxygen atoms in total. The standard InChI is InChI=1S/C23H30O3/c1-18(16-25-17-20-11-7-4-8-12-20)21-15-23(24-2)26-22(21)14-13-19-9-5-3-6-10-19/h3-12,18,21-23H,13-17H2,1-2H3/t18-,21-,22+,23+/m1/s1. The molecule has 0 saturated carbocycles. The summed E-state index contributed by atoms with van der Waals surface area (Å²) in [5, 5.41) is 0. The van der Waals surface area contributed by atoms with Crippen LogP contribution in [0.25, 0.3) is 0 Å². The lowest BCUT2D eigenvalue weighted by Crippen LogP contribution is -2.26. The summed E-state index contributed by atoms with van der Waals surface area (Å²) in [5.41, 5.74) is 2.58. The third-order valence-corrected chi connectivity index (χ3v) is 5.32. The highest BCUT2D eigenvalue weighted by molar-refractivity contribution is 5.15. The van der Waals surface area contributed by atoms with Crippen LogP contribution in [0.5, 0.6) is 0 Å². The van der Waals surface area contributed by atoms with E-state index in [4.69, 9.17) is 14.2 Å². The third-order valence-electron chi connectivity index (χ3n) is 5.32. The summed E-state index contributed by atoms with van der Waals surface area (Å²) in [6, 6.07) is 21.0. The molecular weight excluding hydrogens is 324 g/mol. The Balaban J connectivity index is 1.51. The van der Waals surface area contributed by atoms with Crippen LogP contribution >= 0.6 is 0 Å². The van der Waals surface area contributed by atoms with Crippen LogP contribution < -0.4 is 0 Å². The Bertz CT molecular complexity index is 628. The van der Waals surface area contributed by atoms with Gasteiger partial charge in [0.05, 0.1) is 12.7 Å². The van der Waals surface area contributed by atoms with E-state index in [9.17, 15) is 0 Å². The molecule has 0 bridgehead atoms. The van der Waals surface area contributed by atoms with Gasteiger partial charge in [0.15, 0.2) is 6.29 Å². The van der Waals surface area contributed by atoms with Crippen LogP contribution in [0.15, 0.2) is 60.7 Å². The fourth-order valence-corrected chi connectivity index (χ4v) is 3.77. The number of aryl methyl sites for hydroxylation is 1. The average Bonchev–Trinajstić information content (AvgIpc) is 3.11. The van der Waals surface area contributed by atoms with Crippen molar-refractivity contribution in [2.45, 2.75) is 45.2 Å². The van der Waals surface area contributed by atoms with Gasteiger partial charge in [0, 0.05) is 20.1 Å². The Hall–Kier alpha value is -1.68. The number of ether oxygens (including phenoxy) is 3. The zero-order valence-electron chi connectivity index (χ0n) is 15.8. The van der Waals surface area contributed by atoms with Crippen molar-refractivity contribution in [2.24, 2.45) is 11.8 Å².